The molecule has 2 rings (SSSR count). The molecule has 0 fully saturated rings. The normalized spacial score (nSPS) is 10.3. The van der Waals surface area contributed by atoms with Gasteiger partial charge in [-0.3, -0.25) is 26.6 Å². The molecule has 0 aromatic heterocycles. The van der Waals surface area contributed by atoms with Gasteiger partial charge >= 0.3 is 91.3 Å². The zero-order valence-corrected chi connectivity index (χ0v) is 24.9. The first-order chi connectivity index (χ1) is 14.8. The van der Waals surface area contributed by atoms with Gasteiger partial charge in [0.15, 0.2) is 0 Å². The largest absolute Gasteiger partial charge is 1.00 e. The van der Waals surface area contributed by atoms with Crippen LogP contribution >= 0.6 is 0 Å². The third-order valence-electron chi connectivity index (χ3n) is 2.77. The molecule has 0 heterocycles. The Labute approximate surface area is 248 Å². The van der Waals surface area contributed by atoms with Crippen molar-refractivity contribution in [3.63, 3.8) is 0 Å². The summed E-state index contributed by atoms with van der Waals surface area (Å²) in [5.74, 6) is 0. The van der Waals surface area contributed by atoms with E-state index in [9.17, 15) is 4.21 Å². The smallest absolute Gasteiger partial charge is 1.00 e. The summed E-state index contributed by atoms with van der Waals surface area (Å²) in [6, 6.07) is 19.5. The molecule has 2 aromatic rings. The van der Waals surface area contributed by atoms with Crippen LogP contribution in [0.5, 0.6) is 0 Å². The summed E-state index contributed by atoms with van der Waals surface area (Å²) in [6.07, 6.45) is 0. The van der Waals surface area contributed by atoms with Crippen molar-refractivity contribution in [2.24, 2.45) is 0 Å². The van der Waals surface area contributed by atoms with E-state index in [1.165, 1.54) is 0 Å². The van der Waals surface area contributed by atoms with Crippen molar-refractivity contribution in [1.82, 2.24) is 0 Å². The van der Waals surface area contributed by atoms with Crippen LogP contribution in [0.1, 0.15) is 2.85 Å². The number of anilines is 2. The summed E-state index contributed by atoms with van der Waals surface area (Å²) < 4.78 is 84.8. The molecule has 0 amide bonds. The summed E-state index contributed by atoms with van der Waals surface area (Å²) >= 11 is -1.72. The molecule has 0 radical (unpaired) electrons. The second kappa shape index (κ2) is 22.1. The molecule has 0 aliphatic heterocycles. The maximum Gasteiger partial charge on any atom is 1.00 e. The zero-order valence-electron chi connectivity index (χ0n) is 20.5. The molecule has 13 nitrogen and oxygen atoms in total. The quantitative estimate of drug-likeness (QED) is 0.0919. The van der Waals surface area contributed by atoms with Crippen molar-refractivity contribution >= 4 is 43.5 Å². The van der Waals surface area contributed by atoms with Crippen molar-refractivity contribution in [3.05, 3.63) is 60.7 Å². The average molecular weight is 565 g/mol. The number of hydrogen-bond acceptors (Lipinski definition) is 9. The number of benzene rings is 2. The molecular weight excluding hydrogens is 538 g/mol. The Kier molecular flexibility index (Phi) is 24.9. The Bertz CT molecular complexity index is 899. The average Bonchev–Trinajstić information content (AvgIpc) is 2.68. The number of rotatable bonds is 10. The number of para-hydroxylation sites is 2. The summed E-state index contributed by atoms with van der Waals surface area (Å²) in [5, 5.41) is 6.32. The molecule has 0 saturated carbocycles. The topological polar surface area (TPSA) is 209 Å². The molecule has 0 atom stereocenters. The molecule has 0 bridgehead atoms. The molecule has 0 aliphatic rings. The Morgan fingerprint density at radius 3 is 1.21 bits per heavy atom. The second-order valence-electron chi connectivity index (χ2n) is 5.33. The van der Waals surface area contributed by atoms with Crippen molar-refractivity contribution in [1.29, 1.82) is 0 Å². The molecule has 0 saturated heterocycles. The Morgan fingerprint density at radius 2 is 0.941 bits per heavy atom. The second-order valence-corrected chi connectivity index (χ2v) is 8.00. The molecule has 0 aliphatic carbocycles. The van der Waals surface area contributed by atoms with Crippen molar-refractivity contribution in [2.75, 3.05) is 36.9 Å². The van der Waals surface area contributed by atoms with Crippen LogP contribution in [0.15, 0.2) is 60.7 Å². The summed E-state index contributed by atoms with van der Waals surface area (Å²) in [7, 11) is -9.33. The van der Waals surface area contributed by atoms with Gasteiger partial charge in [-0.15, -0.1) is 0 Å². The third-order valence-corrected chi connectivity index (χ3v) is 3.49. The van der Waals surface area contributed by atoms with E-state index in [0.29, 0.717) is 26.3 Å². The van der Waals surface area contributed by atoms with E-state index >= 15 is 0 Å². The predicted octanol–water partition coefficient (Wildman–Crippen LogP) is -4.25. The third kappa shape index (κ3) is 34.0. The SMILES string of the molecule is O=S(=O)(O)O.O=S(=O)(O)O.O=S(OCCNc1ccccc1)OCCNc1ccccc1.[H-].[H-].[Na+].[Na+]. The van der Waals surface area contributed by atoms with Gasteiger partial charge in [-0.1, -0.05) is 36.4 Å². The van der Waals surface area contributed by atoms with Gasteiger partial charge in [-0.2, -0.15) is 21.0 Å². The minimum absolute atomic E-state index is 0. The van der Waals surface area contributed by atoms with Crippen LogP contribution in [0.4, 0.5) is 11.4 Å². The number of nitrogens with one attached hydrogen (secondary N) is 2. The summed E-state index contributed by atoms with van der Waals surface area (Å²) in [5.41, 5.74) is 2.01. The van der Waals surface area contributed by atoms with Gasteiger partial charge in [0, 0.05) is 24.5 Å². The van der Waals surface area contributed by atoms with Crippen LogP contribution in [0, 0.1) is 0 Å². The molecule has 2 aromatic carbocycles. The van der Waals surface area contributed by atoms with Crippen molar-refractivity contribution in [2.45, 2.75) is 0 Å². The van der Waals surface area contributed by atoms with E-state index in [1.807, 2.05) is 60.7 Å². The van der Waals surface area contributed by atoms with E-state index in [0.717, 1.165) is 11.4 Å². The molecule has 0 unspecified atom stereocenters. The molecule has 34 heavy (non-hydrogen) atoms. The monoisotopic (exact) mass is 564 g/mol. The zero-order chi connectivity index (χ0) is 24.5. The Hall–Kier alpha value is -0.150. The van der Waals surface area contributed by atoms with Crippen molar-refractivity contribution in [3.8, 4) is 0 Å². The van der Waals surface area contributed by atoms with Gasteiger partial charge in [0.1, 0.15) is 0 Å². The first-order valence-electron chi connectivity index (χ1n) is 8.50. The van der Waals surface area contributed by atoms with E-state index in [1.54, 1.807) is 0 Å². The Morgan fingerprint density at radius 1 is 0.676 bits per heavy atom. The minimum Gasteiger partial charge on any atom is -1.00 e. The molecule has 186 valence electrons. The molecular formula is C16H26N2Na2O11S3. The van der Waals surface area contributed by atoms with Crippen LogP contribution < -0.4 is 69.7 Å². The summed E-state index contributed by atoms with van der Waals surface area (Å²) in [6.45, 7) is 1.77. The van der Waals surface area contributed by atoms with Gasteiger partial charge in [0.2, 0.25) is 0 Å². The van der Waals surface area contributed by atoms with Crippen LogP contribution in [-0.2, 0) is 40.5 Å². The van der Waals surface area contributed by atoms with E-state index < -0.39 is 32.2 Å². The molecule has 0 spiro atoms. The van der Waals surface area contributed by atoms with Crippen LogP contribution in [-0.4, -0.2) is 65.6 Å². The van der Waals surface area contributed by atoms with Gasteiger partial charge in [0.25, 0.3) is 0 Å². The van der Waals surface area contributed by atoms with Crippen LogP contribution in [0.2, 0.25) is 0 Å². The fourth-order valence-electron chi connectivity index (χ4n) is 1.76. The van der Waals surface area contributed by atoms with Crippen molar-refractivity contribution < 1.29 is 110 Å². The fraction of sp³-hybridized carbons (Fsp3) is 0.250. The van der Waals surface area contributed by atoms with Gasteiger partial charge in [-0.05, 0) is 24.3 Å². The Balaban J connectivity index is -0.000000196. The van der Waals surface area contributed by atoms with Gasteiger partial charge in [-0.25, -0.2) is 0 Å². The molecule has 6 N–H and O–H groups in total. The number of hydrogen-bond donors (Lipinski definition) is 6. The fourth-order valence-corrected chi connectivity index (χ4v) is 2.26. The van der Waals surface area contributed by atoms with E-state index in [-0.39, 0.29) is 62.0 Å². The predicted molar refractivity (Wildman–Crippen MR) is 120 cm³/mol. The minimum atomic E-state index is -4.67. The maximum absolute atomic E-state index is 11.5. The maximum atomic E-state index is 11.5. The van der Waals surface area contributed by atoms with Gasteiger partial charge in [0.05, 0.1) is 13.2 Å². The first kappa shape index (κ1) is 38.4. The standard InChI is InChI=1S/C16H20N2O3S.2Na.2H2O4S.2H/c19-22(20-13-11-17-15-7-3-1-4-8-15)21-14-12-18-16-9-5-2-6-10-16;;;2*1-5(2,3)4;;/h1-10,17-18H,11-14H2;;;2*(H2,1,2,3,4);;/q;2*+1;;;2*-1. The van der Waals surface area contributed by atoms with Gasteiger partial charge < -0.3 is 13.5 Å². The van der Waals surface area contributed by atoms with Crippen LogP contribution in [0.3, 0.4) is 0 Å². The first-order valence-corrected chi connectivity index (χ1v) is 12.3. The van der Waals surface area contributed by atoms with E-state index in [4.69, 9.17) is 43.4 Å². The molecule has 18 heteroatoms. The van der Waals surface area contributed by atoms with Crippen LogP contribution in [0.25, 0.3) is 0 Å². The summed E-state index contributed by atoms with van der Waals surface area (Å²) in [4.78, 5) is 0. The van der Waals surface area contributed by atoms with E-state index in [2.05, 4.69) is 10.6 Å².